The molecule has 3 heterocycles. The highest BCUT2D eigenvalue weighted by atomic mass is 79.9. The molecule has 0 amide bonds. The fourth-order valence-electron chi connectivity index (χ4n) is 10.7. The van der Waals surface area contributed by atoms with Gasteiger partial charge in [-0.05, 0) is 205 Å². The summed E-state index contributed by atoms with van der Waals surface area (Å²) in [5.74, 6) is 4.71. The fraction of sp³-hybridized carbons (Fsp3) is 0.0137. The number of halogens is 2. The Hall–Kier alpha value is -9.60. The number of nitrogens with zero attached hydrogens (tertiary/aromatic N) is 2. The second-order valence-electron chi connectivity index (χ2n) is 21.1. The number of sulfone groups is 4. The van der Waals surface area contributed by atoms with Gasteiger partial charge in [0.1, 0.15) is 11.5 Å². The van der Waals surface area contributed by atoms with Crippen LogP contribution in [0, 0.1) is 0 Å². The van der Waals surface area contributed by atoms with E-state index in [0.717, 1.165) is 61.0 Å². The lowest BCUT2D eigenvalue weighted by Crippen LogP contribution is -2.15. The van der Waals surface area contributed by atoms with Gasteiger partial charge in [-0.3, -0.25) is 0 Å². The van der Waals surface area contributed by atoms with E-state index in [1.807, 2.05) is 131 Å². The Labute approximate surface area is 550 Å². The summed E-state index contributed by atoms with van der Waals surface area (Å²) in [6, 6.07) is 83.2. The minimum atomic E-state index is -4.08. The smallest absolute Gasteiger partial charge is 0.206 e. The lowest BCUT2D eigenvalue weighted by molar-refractivity contribution is 0.460. The number of fused-ring (bicyclic) bond motifs is 6. The summed E-state index contributed by atoms with van der Waals surface area (Å²) in [7, 11) is -15.8. The molecule has 3 aliphatic rings. The number of ether oxygens (including phenoxy) is 3. The van der Waals surface area contributed by atoms with Crippen molar-refractivity contribution in [1.29, 1.82) is 0 Å². The number of benzene rings is 12. The van der Waals surface area contributed by atoms with Crippen LogP contribution in [0.15, 0.2) is 339 Å². The molecule has 0 fully saturated rings. The lowest BCUT2D eigenvalue weighted by Gasteiger charge is -2.32. The molecule has 15 rings (SSSR count). The first-order valence-corrected chi connectivity index (χ1v) is 36.0. The Kier molecular flexibility index (Phi) is 16.8. The Balaban J connectivity index is 0.000000158. The lowest BCUT2D eigenvalue weighted by atomic mass is 10.0. The molecule has 0 aliphatic carbocycles. The molecule has 0 aromatic heterocycles. The van der Waals surface area contributed by atoms with Crippen molar-refractivity contribution >= 4 is 105 Å². The van der Waals surface area contributed by atoms with Gasteiger partial charge in [0.05, 0.1) is 61.9 Å². The van der Waals surface area contributed by atoms with Crippen molar-refractivity contribution in [3.05, 3.63) is 311 Å². The van der Waals surface area contributed by atoms with Crippen LogP contribution in [0.4, 0.5) is 34.1 Å². The van der Waals surface area contributed by atoms with Gasteiger partial charge in [-0.1, -0.05) is 129 Å². The molecule has 12 aromatic carbocycles. The quantitative estimate of drug-likeness (QED) is 0.127. The average molecular weight is 1420 g/mol. The minimum absolute atomic E-state index is 0.0380. The Morgan fingerprint density at radius 2 is 0.489 bits per heavy atom. The highest BCUT2D eigenvalue weighted by Crippen LogP contribution is 2.52. The van der Waals surface area contributed by atoms with E-state index < -0.39 is 39.3 Å². The SMILES string of the molecule is O=S(=O)(c1ccc(Br)cc1)c1cccc(S(=O)(=O)c2ccc(Br)cc2)c1.O=S(=O)(c1ccc(N2c3ccccc3Oc3ccccc32)cc1)c1cccc(S(=O)(=O)c2ccc(N3c4ccccc4Oc4ccccc43)cc2)c1.c1ccc2c(c1)Cc1ccccc1O2. The van der Waals surface area contributed by atoms with Crippen LogP contribution < -0.4 is 24.0 Å². The fourth-order valence-corrected chi connectivity index (χ4v) is 16.6. The number of rotatable bonds is 10. The standard InChI is InChI=1S/C42H28N2O6S2.C18H12Br2O4S2.C13H10O/c45-51(46,31-24-20-29(21-25-31)43-35-12-1-5-16-39(35)49-40-17-6-2-13-36(40)43)33-10-9-11-34(28-33)52(47,48)32-26-22-30(23-27-32)44-37-14-3-7-18-41(37)50-42-19-8-4-15-38(42)44;19-13-4-8-15(9-5-13)25(21,22)17-2-1-3-18(12-17)26(23,24)16-10-6-14(20)7-11-16;1-3-7-12-10(5-1)9-11-6-2-4-8-13(11)14-12/h1-28H;1-12H;1-8H,9H2. The van der Waals surface area contributed by atoms with Crippen LogP contribution in [0.3, 0.4) is 0 Å². The molecule has 0 saturated carbocycles. The van der Waals surface area contributed by atoms with Crippen LogP contribution in [-0.4, -0.2) is 33.7 Å². The van der Waals surface area contributed by atoms with E-state index in [1.165, 1.54) is 108 Å². The maximum atomic E-state index is 13.9. The Morgan fingerprint density at radius 1 is 0.250 bits per heavy atom. The molecule has 12 aromatic rings. The van der Waals surface area contributed by atoms with Gasteiger partial charge < -0.3 is 24.0 Å². The maximum Gasteiger partial charge on any atom is 0.206 e. The normalized spacial score (nSPS) is 12.8. The van der Waals surface area contributed by atoms with Gasteiger partial charge >= 0.3 is 0 Å². The molecule has 92 heavy (non-hydrogen) atoms. The second kappa shape index (κ2) is 25.2. The van der Waals surface area contributed by atoms with Crippen LogP contribution in [-0.2, 0) is 45.8 Å². The predicted octanol–water partition coefficient (Wildman–Crippen LogP) is 18.8. The van der Waals surface area contributed by atoms with Crippen molar-refractivity contribution in [3.8, 4) is 34.5 Å². The van der Waals surface area contributed by atoms with Gasteiger partial charge in [0.15, 0.2) is 23.0 Å². The molecule has 0 spiro atoms. The maximum absolute atomic E-state index is 13.9. The van der Waals surface area contributed by atoms with Crippen LogP contribution in [0.1, 0.15) is 11.1 Å². The topological polar surface area (TPSA) is 171 Å². The van der Waals surface area contributed by atoms with Crippen molar-refractivity contribution in [3.63, 3.8) is 0 Å². The third kappa shape index (κ3) is 12.1. The predicted molar refractivity (Wildman–Crippen MR) is 361 cm³/mol. The van der Waals surface area contributed by atoms with E-state index in [1.54, 1.807) is 48.5 Å². The first-order valence-electron chi connectivity index (χ1n) is 28.5. The molecule has 13 nitrogen and oxygen atoms in total. The van der Waals surface area contributed by atoms with Crippen molar-refractivity contribution in [1.82, 2.24) is 0 Å². The zero-order chi connectivity index (χ0) is 63.8. The van der Waals surface area contributed by atoms with Crippen molar-refractivity contribution in [2.24, 2.45) is 0 Å². The Morgan fingerprint density at radius 3 is 0.783 bits per heavy atom. The largest absolute Gasteiger partial charge is 0.457 e. The number of hydrogen-bond donors (Lipinski definition) is 0. The van der Waals surface area contributed by atoms with Crippen LogP contribution in [0.25, 0.3) is 0 Å². The first-order chi connectivity index (χ1) is 44.4. The van der Waals surface area contributed by atoms with E-state index in [-0.39, 0.29) is 39.2 Å². The molecule has 19 heteroatoms. The summed E-state index contributed by atoms with van der Waals surface area (Å²) in [5, 5.41) is 0. The van der Waals surface area contributed by atoms with Gasteiger partial charge in [-0.2, -0.15) is 0 Å². The highest BCUT2D eigenvalue weighted by Gasteiger charge is 2.30. The van der Waals surface area contributed by atoms with Crippen molar-refractivity contribution in [2.75, 3.05) is 9.80 Å². The average Bonchev–Trinajstić information content (AvgIpc) is 0.796. The molecular weight excluding hydrogens is 1370 g/mol. The zero-order valence-electron chi connectivity index (χ0n) is 48.2. The summed E-state index contributed by atoms with van der Waals surface area (Å²) in [6.45, 7) is 0. The molecular formula is C73H50Br2N2O11S4. The molecule has 3 aliphatic heterocycles. The highest BCUT2D eigenvalue weighted by molar-refractivity contribution is 9.10. The van der Waals surface area contributed by atoms with Gasteiger partial charge in [0.25, 0.3) is 0 Å². The molecule has 0 saturated heterocycles. The van der Waals surface area contributed by atoms with E-state index >= 15 is 0 Å². The molecule has 0 unspecified atom stereocenters. The molecule has 0 N–H and O–H groups in total. The monoisotopic (exact) mass is 1420 g/mol. The van der Waals surface area contributed by atoms with E-state index in [0.29, 0.717) is 23.0 Å². The number of anilines is 6. The third-order valence-corrected chi connectivity index (χ3v) is 23.4. The van der Waals surface area contributed by atoms with Crippen LogP contribution in [0.2, 0.25) is 0 Å². The van der Waals surface area contributed by atoms with E-state index in [2.05, 4.69) is 56.1 Å². The molecule has 0 atom stereocenters. The minimum Gasteiger partial charge on any atom is -0.457 e. The van der Waals surface area contributed by atoms with E-state index in [4.69, 9.17) is 14.2 Å². The second-order valence-corrected chi connectivity index (χ2v) is 30.7. The van der Waals surface area contributed by atoms with Crippen LogP contribution in [0.5, 0.6) is 34.5 Å². The zero-order valence-corrected chi connectivity index (χ0v) is 54.6. The first kappa shape index (κ1) is 61.3. The van der Waals surface area contributed by atoms with Gasteiger partial charge in [-0.25, -0.2) is 33.7 Å². The van der Waals surface area contributed by atoms with Gasteiger partial charge in [0, 0.05) is 26.7 Å². The van der Waals surface area contributed by atoms with Crippen molar-refractivity contribution < 1.29 is 47.9 Å². The van der Waals surface area contributed by atoms with E-state index in [9.17, 15) is 33.7 Å². The Bertz CT molecular complexity index is 4820. The summed E-state index contributed by atoms with van der Waals surface area (Å²) >= 11 is 6.52. The molecule has 0 bridgehead atoms. The van der Waals surface area contributed by atoms with Gasteiger partial charge in [0.2, 0.25) is 39.3 Å². The van der Waals surface area contributed by atoms with Crippen LogP contribution >= 0.6 is 31.9 Å². The van der Waals surface area contributed by atoms with Crippen molar-refractivity contribution in [2.45, 2.75) is 45.6 Å². The third-order valence-electron chi connectivity index (χ3n) is 15.3. The number of para-hydroxylation sites is 10. The summed E-state index contributed by atoms with van der Waals surface area (Å²) in [4.78, 5) is 3.91. The van der Waals surface area contributed by atoms with Gasteiger partial charge in [-0.15, -0.1) is 0 Å². The number of hydrogen-bond acceptors (Lipinski definition) is 13. The summed E-state index contributed by atoms with van der Waals surface area (Å²) in [6.07, 6.45) is 0.979. The summed E-state index contributed by atoms with van der Waals surface area (Å²) < 4.78 is 126. The summed E-state index contributed by atoms with van der Waals surface area (Å²) in [5.41, 5.74) is 7.31. The molecule has 456 valence electrons. The molecule has 0 radical (unpaired) electrons.